The Bertz CT molecular complexity index is 461. The molecule has 1 aromatic heterocycles. The first-order valence-corrected chi connectivity index (χ1v) is 7.25. The molecule has 1 aliphatic rings. The van der Waals surface area contributed by atoms with Crippen LogP contribution in [0.1, 0.15) is 25.7 Å². The highest BCUT2D eigenvalue weighted by atomic mass is 16.1. The van der Waals surface area contributed by atoms with Crippen molar-refractivity contribution in [3.8, 4) is 0 Å². The number of nitrogens with one attached hydrogen (secondary N) is 1. The van der Waals surface area contributed by atoms with Gasteiger partial charge in [0.25, 0.3) is 0 Å². The van der Waals surface area contributed by atoms with Gasteiger partial charge in [0.1, 0.15) is 0 Å². The molecule has 2 rings (SSSR count). The van der Waals surface area contributed by atoms with Crippen molar-refractivity contribution in [2.24, 2.45) is 17.6 Å². The van der Waals surface area contributed by atoms with Crippen molar-refractivity contribution in [3.05, 3.63) is 18.5 Å². The van der Waals surface area contributed by atoms with E-state index < -0.39 is 0 Å². The summed E-state index contributed by atoms with van der Waals surface area (Å²) in [7, 11) is 3.91. The lowest BCUT2D eigenvalue weighted by Crippen LogP contribution is -2.36. The van der Waals surface area contributed by atoms with Crippen LogP contribution in [0.5, 0.6) is 0 Å². The van der Waals surface area contributed by atoms with Crippen LogP contribution in [0.3, 0.4) is 0 Å². The fraction of sp³-hybridized carbons (Fsp3) is 0.600. The van der Waals surface area contributed by atoms with E-state index in [0.29, 0.717) is 12.5 Å². The topological polar surface area (TPSA) is 71.2 Å². The van der Waals surface area contributed by atoms with Gasteiger partial charge in [0.15, 0.2) is 0 Å². The van der Waals surface area contributed by atoms with Crippen LogP contribution < -0.4 is 16.0 Å². The van der Waals surface area contributed by atoms with E-state index in [1.807, 2.05) is 25.1 Å². The minimum Gasteiger partial charge on any atom is -0.376 e. The van der Waals surface area contributed by atoms with Gasteiger partial charge in [-0.2, -0.15) is 0 Å². The maximum atomic E-state index is 12.5. The van der Waals surface area contributed by atoms with Gasteiger partial charge in [0.05, 0.1) is 17.6 Å². The Labute approximate surface area is 120 Å². The molecule has 1 amide bonds. The second-order valence-electron chi connectivity index (χ2n) is 5.66. The van der Waals surface area contributed by atoms with Gasteiger partial charge in [0, 0.05) is 26.2 Å². The van der Waals surface area contributed by atoms with E-state index in [-0.39, 0.29) is 11.8 Å². The van der Waals surface area contributed by atoms with Gasteiger partial charge >= 0.3 is 0 Å². The predicted molar refractivity (Wildman–Crippen MR) is 81.7 cm³/mol. The number of aromatic nitrogens is 1. The number of rotatable bonds is 4. The summed E-state index contributed by atoms with van der Waals surface area (Å²) in [5, 5.41) is 3.03. The summed E-state index contributed by atoms with van der Waals surface area (Å²) in [5.41, 5.74) is 7.54. The zero-order valence-corrected chi connectivity index (χ0v) is 12.3. The lowest BCUT2D eigenvalue weighted by molar-refractivity contribution is -0.122. The van der Waals surface area contributed by atoms with Gasteiger partial charge < -0.3 is 16.0 Å². The van der Waals surface area contributed by atoms with Crippen molar-refractivity contribution in [3.63, 3.8) is 0 Å². The molecule has 20 heavy (non-hydrogen) atoms. The Kier molecular flexibility index (Phi) is 4.95. The van der Waals surface area contributed by atoms with Crippen LogP contribution in [0.25, 0.3) is 0 Å². The fourth-order valence-electron chi connectivity index (χ4n) is 2.93. The number of carbonyl (C=O) groups excluding carboxylic acids is 1. The first-order valence-electron chi connectivity index (χ1n) is 7.25. The summed E-state index contributed by atoms with van der Waals surface area (Å²) < 4.78 is 0. The Hall–Kier alpha value is -1.62. The molecule has 0 saturated heterocycles. The van der Waals surface area contributed by atoms with Crippen molar-refractivity contribution in [1.82, 2.24) is 4.98 Å². The van der Waals surface area contributed by atoms with Gasteiger partial charge in [-0.15, -0.1) is 0 Å². The fourth-order valence-corrected chi connectivity index (χ4v) is 2.93. The molecule has 3 N–H and O–H groups in total. The molecule has 0 radical (unpaired) electrons. The predicted octanol–water partition coefficient (Wildman–Crippen LogP) is 1.85. The summed E-state index contributed by atoms with van der Waals surface area (Å²) in [6, 6.07) is 1.90. The van der Waals surface area contributed by atoms with E-state index in [2.05, 4.69) is 10.3 Å². The van der Waals surface area contributed by atoms with E-state index in [0.717, 1.165) is 30.6 Å². The van der Waals surface area contributed by atoms with E-state index in [4.69, 9.17) is 5.73 Å². The second kappa shape index (κ2) is 6.70. The molecule has 110 valence electrons. The molecule has 5 heteroatoms. The zero-order valence-electron chi connectivity index (χ0n) is 12.3. The number of nitrogens with zero attached hydrogens (tertiary/aromatic N) is 2. The lowest BCUT2D eigenvalue weighted by atomic mass is 9.78. The third kappa shape index (κ3) is 3.28. The van der Waals surface area contributed by atoms with Gasteiger partial charge in [-0.05, 0) is 31.4 Å². The Morgan fingerprint density at radius 2 is 2.20 bits per heavy atom. The van der Waals surface area contributed by atoms with Crippen LogP contribution in [0, 0.1) is 11.8 Å². The molecular weight excluding hydrogens is 252 g/mol. The molecule has 1 fully saturated rings. The summed E-state index contributed by atoms with van der Waals surface area (Å²) in [6.07, 6.45) is 7.72. The van der Waals surface area contributed by atoms with E-state index in [1.54, 1.807) is 12.4 Å². The molecule has 0 spiro atoms. The van der Waals surface area contributed by atoms with Gasteiger partial charge in [-0.1, -0.05) is 12.8 Å². The summed E-state index contributed by atoms with van der Waals surface area (Å²) >= 11 is 0. The highest BCUT2D eigenvalue weighted by Crippen LogP contribution is 2.31. The Morgan fingerprint density at radius 3 is 2.90 bits per heavy atom. The van der Waals surface area contributed by atoms with Crippen LogP contribution in [0.15, 0.2) is 18.5 Å². The zero-order chi connectivity index (χ0) is 14.5. The van der Waals surface area contributed by atoms with E-state index in [1.165, 1.54) is 6.42 Å². The van der Waals surface area contributed by atoms with Crippen molar-refractivity contribution in [2.75, 3.05) is 30.9 Å². The number of hydrogen-bond acceptors (Lipinski definition) is 4. The molecule has 1 heterocycles. The van der Waals surface area contributed by atoms with Gasteiger partial charge in [-0.25, -0.2) is 0 Å². The quantitative estimate of drug-likeness (QED) is 0.880. The molecule has 1 saturated carbocycles. The maximum Gasteiger partial charge on any atom is 0.227 e. The van der Waals surface area contributed by atoms with E-state index in [9.17, 15) is 4.79 Å². The standard InChI is InChI=1S/C15H24N4O/c1-19(2)14-7-8-17-10-13(14)18-15(20)12-6-4-3-5-11(12)9-16/h7-8,10-12H,3-6,9,16H2,1-2H3,(H,18,20). The Morgan fingerprint density at radius 1 is 1.45 bits per heavy atom. The van der Waals surface area contributed by atoms with Gasteiger partial charge in [0.2, 0.25) is 5.91 Å². The van der Waals surface area contributed by atoms with Crippen LogP contribution in [0.2, 0.25) is 0 Å². The van der Waals surface area contributed by atoms with Crippen molar-refractivity contribution < 1.29 is 4.79 Å². The Balaban J connectivity index is 2.11. The van der Waals surface area contributed by atoms with Crippen molar-refractivity contribution in [1.29, 1.82) is 0 Å². The third-order valence-electron chi connectivity index (χ3n) is 4.09. The molecule has 0 bridgehead atoms. The largest absolute Gasteiger partial charge is 0.376 e. The molecule has 2 atom stereocenters. The van der Waals surface area contributed by atoms with Crippen LogP contribution in [0.4, 0.5) is 11.4 Å². The van der Waals surface area contributed by atoms with Gasteiger partial charge in [-0.3, -0.25) is 9.78 Å². The minimum atomic E-state index is 0.0315. The number of pyridine rings is 1. The first-order chi connectivity index (χ1) is 9.63. The number of anilines is 2. The summed E-state index contributed by atoms with van der Waals surface area (Å²) in [6.45, 7) is 0.589. The number of nitrogens with two attached hydrogens (primary N) is 1. The average Bonchev–Trinajstić information content (AvgIpc) is 2.47. The van der Waals surface area contributed by atoms with E-state index >= 15 is 0 Å². The van der Waals surface area contributed by atoms with Crippen LogP contribution in [-0.4, -0.2) is 31.5 Å². The third-order valence-corrected chi connectivity index (χ3v) is 4.09. The highest BCUT2D eigenvalue weighted by molar-refractivity contribution is 5.95. The number of carbonyl (C=O) groups is 1. The maximum absolute atomic E-state index is 12.5. The molecule has 1 aliphatic carbocycles. The summed E-state index contributed by atoms with van der Waals surface area (Å²) in [5.74, 6) is 0.420. The van der Waals surface area contributed by atoms with Crippen molar-refractivity contribution >= 4 is 17.3 Å². The summed E-state index contributed by atoms with van der Waals surface area (Å²) in [4.78, 5) is 18.6. The normalized spacial score (nSPS) is 22.4. The SMILES string of the molecule is CN(C)c1ccncc1NC(=O)C1CCCCC1CN. The van der Waals surface area contributed by atoms with Crippen LogP contribution >= 0.6 is 0 Å². The number of hydrogen-bond donors (Lipinski definition) is 2. The molecule has 5 nitrogen and oxygen atoms in total. The molecule has 0 aromatic carbocycles. The molecular formula is C15H24N4O. The van der Waals surface area contributed by atoms with Crippen LogP contribution in [-0.2, 0) is 4.79 Å². The monoisotopic (exact) mass is 276 g/mol. The van der Waals surface area contributed by atoms with Crippen molar-refractivity contribution in [2.45, 2.75) is 25.7 Å². The second-order valence-corrected chi connectivity index (χ2v) is 5.66. The number of amides is 1. The highest BCUT2D eigenvalue weighted by Gasteiger charge is 2.30. The molecule has 2 unspecified atom stereocenters. The minimum absolute atomic E-state index is 0.0315. The molecule has 1 aromatic rings. The molecule has 0 aliphatic heterocycles. The lowest BCUT2D eigenvalue weighted by Gasteiger charge is -2.30. The average molecular weight is 276 g/mol. The first kappa shape index (κ1) is 14.8. The smallest absolute Gasteiger partial charge is 0.227 e.